The summed E-state index contributed by atoms with van der Waals surface area (Å²) in [6.07, 6.45) is 2.89. The highest BCUT2D eigenvalue weighted by atomic mass is 16.5. The zero-order chi connectivity index (χ0) is 15.5. The molecule has 4 N–H and O–H groups in total. The summed E-state index contributed by atoms with van der Waals surface area (Å²) < 4.78 is 5.77. The van der Waals surface area contributed by atoms with Gasteiger partial charge in [0.05, 0.1) is 18.0 Å². The van der Waals surface area contributed by atoms with Gasteiger partial charge in [-0.25, -0.2) is 4.98 Å². The number of hydrogen-bond acceptors (Lipinski definition) is 6. The molecule has 2 aromatic heterocycles. The summed E-state index contributed by atoms with van der Waals surface area (Å²) in [7, 11) is 0. The highest BCUT2D eigenvalue weighted by Crippen LogP contribution is 2.08. The normalized spacial score (nSPS) is 12.3. The van der Waals surface area contributed by atoms with Gasteiger partial charge in [-0.3, -0.25) is 5.41 Å². The highest BCUT2D eigenvalue weighted by molar-refractivity contribution is 5.96. The van der Waals surface area contributed by atoms with Crippen LogP contribution in [-0.4, -0.2) is 27.0 Å². The Morgan fingerprint density at radius 2 is 2.14 bits per heavy atom. The molecule has 0 saturated heterocycles. The number of amidine groups is 1. The monoisotopic (exact) mass is 296 g/mol. The number of benzene rings is 1. The fourth-order valence-corrected chi connectivity index (χ4v) is 1.87. The molecule has 0 unspecified atom stereocenters. The van der Waals surface area contributed by atoms with Gasteiger partial charge in [-0.15, -0.1) is 5.10 Å². The summed E-state index contributed by atoms with van der Waals surface area (Å²) in [6, 6.07) is 10.3. The van der Waals surface area contributed by atoms with Crippen molar-refractivity contribution in [2.45, 2.75) is 0 Å². The Morgan fingerprint density at radius 3 is 2.91 bits per heavy atom. The van der Waals surface area contributed by atoms with Crippen LogP contribution in [0.5, 0.6) is 0 Å². The Hall–Kier alpha value is -3.42. The van der Waals surface area contributed by atoms with E-state index in [0.717, 1.165) is 0 Å². The van der Waals surface area contributed by atoms with E-state index in [4.69, 9.17) is 15.6 Å². The number of furan rings is 1. The fourth-order valence-electron chi connectivity index (χ4n) is 1.87. The van der Waals surface area contributed by atoms with Crippen LogP contribution in [0.25, 0.3) is 11.0 Å². The first-order chi connectivity index (χ1) is 10.7. The molecule has 0 saturated carbocycles. The molecule has 0 atom stereocenters. The van der Waals surface area contributed by atoms with E-state index in [1.54, 1.807) is 36.4 Å². The van der Waals surface area contributed by atoms with Crippen molar-refractivity contribution in [1.29, 1.82) is 5.41 Å². The minimum absolute atomic E-state index is 0.0396. The maximum atomic E-state index is 9.99. The highest BCUT2D eigenvalue weighted by Gasteiger charge is 2.10. The van der Waals surface area contributed by atoms with Crippen LogP contribution in [0, 0.1) is 5.41 Å². The van der Waals surface area contributed by atoms with E-state index in [2.05, 4.69) is 15.2 Å². The van der Waals surface area contributed by atoms with Gasteiger partial charge in [-0.2, -0.15) is 9.83 Å². The first-order valence-electron chi connectivity index (χ1n) is 6.33. The lowest BCUT2D eigenvalue weighted by molar-refractivity contribution is 0.183. The van der Waals surface area contributed by atoms with Crippen molar-refractivity contribution in [2.24, 2.45) is 15.9 Å². The smallest absolute Gasteiger partial charge is 0.191 e. The summed E-state index contributed by atoms with van der Waals surface area (Å²) in [6.45, 7) is 0. The second-order valence-electron chi connectivity index (χ2n) is 4.35. The van der Waals surface area contributed by atoms with Crippen molar-refractivity contribution in [2.75, 3.05) is 0 Å². The van der Waals surface area contributed by atoms with Gasteiger partial charge in [-0.05, 0) is 24.3 Å². The van der Waals surface area contributed by atoms with E-state index in [-0.39, 0.29) is 17.0 Å². The molecular formula is C14H12N6O2. The SMILES string of the molecule is N=c1c(/C(N)=N/N=C\c2ccco2)nc2ccccc2n1O. The van der Waals surface area contributed by atoms with Crippen molar-refractivity contribution < 1.29 is 9.62 Å². The number of aromatic nitrogens is 2. The zero-order valence-corrected chi connectivity index (χ0v) is 11.3. The summed E-state index contributed by atoms with van der Waals surface area (Å²) in [5.41, 5.74) is 6.46. The van der Waals surface area contributed by atoms with Crippen LogP contribution >= 0.6 is 0 Å². The maximum absolute atomic E-state index is 9.99. The van der Waals surface area contributed by atoms with Gasteiger partial charge in [0.15, 0.2) is 17.0 Å². The number of rotatable bonds is 3. The van der Waals surface area contributed by atoms with Crippen LogP contribution in [0.4, 0.5) is 0 Å². The van der Waals surface area contributed by atoms with Crippen molar-refractivity contribution in [3.63, 3.8) is 0 Å². The number of nitrogens with two attached hydrogens (primary N) is 1. The minimum atomic E-state index is -0.270. The Morgan fingerprint density at radius 1 is 1.32 bits per heavy atom. The van der Waals surface area contributed by atoms with E-state index < -0.39 is 0 Å². The van der Waals surface area contributed by atoms with Crippen LogP contribution in [0.15, 0.2) is 57.3 Å². The van der Waals surface area contributed by atoms with Crippen molar-refractivity contribution in [3.05, 3.63) is 59.6 Å². The molecule has 8 nitrogen and oxygen atoms in total. The third-order valence-corrected chi connectivity index (χ3v) is 2.91. The Labute approximate surface area is 124 Å². The largest absolute Gasteiger partial charge is 0.463 e. The molecule has 0 aliphatic heterocycles. The molecule has 0 spiro atoms. The molecule has 3 aromatic rings. The Bertz CT molecular complexity index is 924. The van der Waals surface area contributed by atoms with Crippen molar-refractivity contribution in [3.8, 4) is 0 Å². The molecule has 2 heterocycles. The van der Waals surface area contributed by atoms with E-state index in [1.165, 1.54) is 12.5 Å². The van der Waals surface area contributed by atoms with E-state index in [0.29, 0.717) is 21.5 Å². The predicted molar refractivity (Wildman–Crippen MR) is 79.8 cm³/mol. The van der Waals surface area contributed by atoms with Crippen molar-refractivity contribution in [1.82, 2.24) is 9.71 Å². The summed E-state index contributed by atoms with van der Waals surface area (Å²) in [4.78, 5) is 4.23. The van der Waals surface area contributed by atoms with Crippen LogP contribution in [0.3, 0.4) is 0 Å². The molecule has 0 amide bonds. The van der Waals surface area contributed by atoms with Gasteiger partial charge in [0, 0.05) is 0 Å². The number of nitrogens with zero attached hydrogens (tertiary/aromatic N) is 4. The summed E-state index contributed by atoms with van der Waals surface area (Å²) in [5, 5.41) is 25.4. The third kappa shape index (κ3) is 2.44. The maximum Gasteiger partial charge on any atom is 0.191 e. The zero-order valence-electron chi connectivity index (χ0n) is 11.3. The molecule has 0 radical (unpaired) electrons. The van der Waals surface area contributed by atoms with Crippen LogP contribution in [0.2, 0.25) is 0 Å². The van der Waals surface area contributed by atoms with Gasteiger partial charge in [0.2, 0.25) is 0 Å². The van der Waals surface area contributed by atoms with Gasteiger partial charge in [0.25, 0.3) is 0 Å². The standard InChI is InChI=1S/C14H12N6O2/c15-13(19-17-8-9-4-3-7-22-9)12-14(16)20(21)11-6-2-1-5-10(11)18-12/h1-8,16,21H,(H2,15,19)/b16-14?,17-8-. The van der Waals surface area contributed by atoms with Gasteiger partial charge < -0.3 is 15.4 Å². The second-order valence-corrected chi connectivity index (χ2v) is 4.35. The quantitative estimate of drug-likeness (QED) is 0.289. The molecule has 1 aromatic carbocycles. The lowest BCUT2D eigenvalue weighted by atomic mass is 10.3. The molecule has 110 valence electrons. The van der Waals surface area contributed by atoms with E-state index in [1.807, 2.05) is 0 Å². The molecular weight excluding hydrogens is 284 g/mol. The fraction of sp³-hybridized carbons (Fsp3) is 0. The molecule has 0 aliphatic rings. The molecule has 0 fully saturated rings. The number of para-hydroxylation sites is 2. The minimum Gasteiger partial charge on any atom is -0.463 e. The average Bonchev–Trinajstić information content (AvgIpc) is 3.04. The van der Waals surface area contributed by atoms with Gasteiger partial charge in [0.1, 0.15) is 11.3 Å². The van der Waals surface area contributed by atoms with Crippen LogP contribution in [0.1, 0.15) is 11.5 Å². The first kappa shape index (κ1) is 13.6. The lowest BCUT2D eigenvalue weighted by Gasteiger charge is -2.06. The van der Waals surface area contributed by atoms with Gasteiger partial charge >= 0.3 is 0 Å². The molecule has 3 rings (SSSR count). The molecule has 0 aliphatic carbocycles. The number of nitrogens with one attached hydrogen (secondary N) is 1. The summed E-state index contributed by atoms with van der Waals surface area (Å²) in [5.74, 6) is 0.438. The first-order valence-corrected chi connectivity index (χ1v) is 6.33. The van der Waals surface area contributed by atoms with Crippen LogP contribution < -0.4 is 11.2 Å². The average molecular weight is 296 g/mol. The number of fused-ring (bicyclic) bond motifs is 1. The Balaban J connectivity index is 2.02. The van der Waals surface area contributed by atoms with E-state index >= 15 is 0 Å². The van der Waals surface area contributed by atoms with Gasteiger partial charge in [-0.1, -0.05) is 12.1 Å². The summed E-state index contributed by atoms with van der Waals surface area (Å²) >= 11 is 0. The third-order valence-electron chi connectivity index (χ3n) is 2.91. The topological polar surface area (TPSA) is 126 Å². The Kier molecular flexibility index (Phi) is 3.40. The predicted octanol–water partition coefficient (Wildman–Crippen LogP) is 1.09. The molecule has 22 heavy (non-hydrogen) atoms. The molecule has 8 heteroatoms. The second kappa shape index (κ2) is 5.52. The van der Waals surface area contributed by atoms with Crippen LogP contribution in [-0.2, 0) is 0 Å². The lowest BCUT2D eigenvalue weighted by Crippen LogP contribution is -2.31. The van der Waals surface area contributed by atoms with E-state index in [9.17, 15) is 5.21 Å². The number of hydrogen-bond donors (Lipinski definition) is 3. The molecule has 0 bridgehead atoms. The van der Waals surface area contributed by atoms with Crippen molar-refractivity contribution >= 4 is 23.1 Å².